The molecule has 0 bridgehead atoms. The summed E-state index contributed by atoms with van der Waals surface area (Å²) in [4.78, 5) is 5.46. The first-order chi connectivity index (χ1) is 19.6. The number of ether oxygens (including phenoxy) is 2. The van der Waals surface area contributed by atoms with Crippen molar-refractivity contribution in [3.8, 4) is 0 Å². The predicted molar refractivity (Wildman–Crippen MR) is 160 cm³/mol. The van der Waals surface area contributed by atoms with E-state index in [0.717, 1.165) is 35.4 Å². The summed E-state index contributed by atoms with van der Waals surface area (Å²) in [7, 11) is -2.15. The van der Waals surface area contributed by atoms with Gasteiger partial charge in [-0.15, -0.1) is 0 Å². The lowest BCUT2D eigenvalue weighted by molar-refractivity contribution is -0.137. The third kappa shape index (κ3) is 4.98. The fourth-order valence-electron chi connectivity index (χ4n) is 7.47. The van der Waals surface area contributed by atoms with E-state index in [1.165, 1.54) is 42.5 Å². The fourth-order valence-corrected chi connectivity index (χ4v) is 8.73. The van der Waals surface area contributed by atoms with Crippen LogP contribution in [0, 0.1) is 5.41 Å². The second-order valence-corrected chi connectivity index (χ2v) is 19.9. The Morgan fingerprint density at radius 3 is 2.14 bits per heavy atom. The van der Waals surface area contributed by atoms with Crippen LogP contribution in [-0.4, -0.2) is 26.5 Å². The smallest absolute Gasteiger partial charge is 0.410 e. The van der Waals surface area contributed by atoms with Gasteiger partial charge in [-0.1, -0.05) is 53.2 Å². The van der Waals surface area contributed by atoms with E-state index < -0.39 is 31.8 Å². The second kappa shape index (κ2) is 10.1. The first kappa shape index (κ1) is 30.3. The van der Waals surface area contributed by atoms with Crippen LogP contribution in [0.15, 0.2) is 24.3 Å². The summed E-state index contributed by atoms with van der Waals surface area (Å²) in [5.41, 5.74) is 5.42. The van der Waals surface area contributed by atoms with E-state index in [0.29, 0.717) is 26.1 Å². The predicted octanol–water partition coefficient (Wildman–Crippen LogP) is 9.53. The Bertz CT molecular complexity index is 1340. The molecule has 2 fully saturated rings. The van der Waals surface area contributed by atoms with Gasteiger partial charge < -0.3 is 13.9 Å². The third-order valence-electron chi connectivity index (χ3n) is 11.0. The number of aromatic nitrogens is 1. The number of alkyl halides is 3. The molecule has 3 heterocycles. The molecule has 0 radical (unpaired) electrons. The number of hydrogen-bond acceptors (Lipinski definition) is 4. The van der Waals surface area contributed by atoms with Crippen LogP contribution >= 0.6 is 0 Å². The van der Waals surface area contributed by atoms with Gasteiger partial charge in [-0.05, 0) is 78.4 Å². The number of halogens is 3. The Hall–Kier alpha value is -1.74. The SMILES string of the molecule is CC(C)c1nc2c(c3c1C(c1ccc(C(F)(F)F)cc1)OC31CCOCC1)C(O[Si](C)(C)C(C)(C)C)CC1(CCC1)C2. The number of nitrogens with zero attached hydrogens (tertiary/aromatic N) is 1. The molecule has 1 aromatic carbocycles. The zero-order valence-electron chi connectivity index (χ0n) is 26.2. The molecule has 0 amide bonds. The number of benzene rings is 1. The van der Waals surface area contributed by atoms with Crippen molar-refractivity contribution in [1.82, 2.24) is 4.98 Å². The highest BCUT2D eigenvalue weighted by atomic mass is 28.4. The van der Waals surface area contributed by atoms with Gasteiger partial charge in [0.05, 0.1) is 17.3 Å². The van der Waals surface area contributed by atoms with Crippen LogP contribution in [0.4, 0.5) is 13.2 Å². The monoisotopic (exact) mass is 601 g/mol. The maximum atomic E-state index is 13.5. The minimum atomic E-state index is -4.38. The zero-order valence-corrected chi connectivity index (χ0v) is 27.2. The van der Waals surface area contributed by atoms with Crippen LogP contribution < -0.4 is 0 Å². The lowest BCUT2D eigenvalue weighted by Crippen LogP contribution is -2.47. The molecule has 1 saturated carbocycles. The molecular formula is C34H46F3NO3Si. The average molecular weight is 602 g/mol. The maximum Gasteiger partial charge on any atom is 0.416 e. The highest BCUT2D eigenvalue weighted by molar-refractivity contribution is 6.74. The molecular weight excluding hydrogens is 555 g/mol. The van der Waals surface area contributed by atoms with E-state index in [2.05, 4.69) is 47.7 Å². The quantitative estimate of drug-likeness (QED) is 0.327. The zero-order chi connectivity index (χ0) is 30.3. The van der Waals surface area contributed by atoms with Crippen molar-refractivity contribution in [3.05, 3.63) is 63.5 Å². The molecule has 4 nitrogen and oxygen atoms in total. The summed E-state index contributed by atoms with van der Waals surface area (Å²) >= 11 is 0. The normalized spacial score (nSPS) is 25.0. The summed E-state index contributed by atoms with van der Waals surface area (Å²) in [5.74, 6) is 0.138. The summed E-state index contributed by atoms with van der Waals surface area (Å²) in [6.07, 6.45) is 2.13. The van der Waals surface area contributed by atoms with Crippen molar-refractivity contribution in [1.29, 1.82) is 0 Å². The van der Waals surface area contributed by atoms with Gasteiger partial charge in [0.25, 0.3) is 0 Å². The Kier molecular flexibility index (Phi) is 7.32. The number of rotatable bonds is 4. The van der Waals surface area contributed by atoms with Gasteiger partial charge in [0.15, 0.2) is 8.32 Å². The molecule has 1 aromatic heterocycles. The van der Waals surface area contributed by atoms with E-state index in [1.54, 1.807) is 12.1 Å². The minimum absolute atomic E-state index is 0.0570. The van der Waals surface area contributed by atoms with Gasteiger partial charge in [0.1, 0.15) is 6.10 Å². The van der Waals surface area contributed by atoms with Crippen molar-refractivity contribution in [2.45, 2.75) is 128 Å². The molecule has 4 aliphatic rings. The molecule has 42 heavy (non-hydrogen) atoms. The highest BCUT2D eigenvalue weighted by Gasteiger charge is 2.55. The molecule has 230 valence electrons. The lowest BCUT2D eigenvalue weighted by Gasteiger charge is -2.51. The Labute approximate surface area is 249 Å². The summed E-state index contributed by atoms with van der Waals surface area (Å²) in [5, 5.41) is 0.0570. The van der Waals surface area contributed by atoms with Crippen LogP contribution in [-0.2, 0) is 32.1 Å². The molecule has 2 aliphatic carbocycles. The molecule has 2 aromatic rings. The fraction of sp³-hybridized carbons (Fsp3) is 0.676. The summed E-state index contributed by atoms with van der Waals surface area (Å²) in [6, 6.07) is 5.54. The standard InChI is InChI=1S/C34H46F3NO3Si/c1-21(2)29-27-28(26-24(38-29)19-32(13-8-14-32)20-25(26)41-42(6,7)31(3,4)5)33(15-17-39-18-16-33)40-30(27)22-9-11-23(12-10-22)34(35,36)37/h9-12,21,25,30H,8,13-20H2,1-7H3. The van der Waals surface area contributed by atoms with Crippen molar-refractivity contribution < 1.29 is 27.1 Å². The molecule has 6 rings (SSSR count). The number of fused-ring (bicyclic) bond motifs is 4. The lowest BCUT2D eigenvalue weighted by atomic mass is 9.58. The molecule has 2 spiro atoms. The van der Waals surface area contributed by atoms with Crippen LogP contribution in [0.3, 0.4) is 0 Å². The summed E-state index contributed by atoms with van der Waals surface area (Å²) < 4.78 is 60.7. The Morgan fingerprint density at radius 1 is 0.976 bits per heavy atom. The topological polar surface area (TPSA) is 40.6 Å². The first-order valence-electron chi connectivity index (χ1n) is 15.7. The molecule has 2 aliphatic heterocycles. The highest BCUT2D eigenvalue weighted by Crippen LogP contribution is 2.61. The van der Waals surface area contributed by atoms with E-state index in [1.807, 2.05) is 0 Å². The minimum Gasteiger partial charge on any atom is -0.410 e. The number of hydrogen-bond donors (Lipinski definition) is 0. The van der Waals surface area contributed by atoms with Crippen molar-refractivity contribution in [2.75, 3.05) is 13.2 Å². The first-order valence-corrected chi connectivity index (χ1v) is 18.6. The van der Waals surface area contributed by atoms with Gasteiger partial charge in [-0.2, -0.15) is 13.2 Å². The van der Waals surface area contributed by atoms with E-state index in [-0.39, 0.29) is 22.5 Å². The molecule has 8 heteroatoms. The van der Waals surface area contributed by atoms with E-state index >= 15 is 0 Å². The molecule has 2 atom stereocenters. The van der Waals surface area contributed by atoms with Gasteiger partial charge in [-0.25, -0.2) is 0 Å². The number of pyridine rings is 1. The summed E-state index contributed by atoms with van der Waals surface area (Å²) in [6.45, 7) is 17.0. The van der Waals surface area contributed by atoms with Gasteiger partial charge >= 0.3 is 6.18 Å². The molecule has 2 unspecified atom stereocenters. The average Bonchev–Trinajstić information content (AvgIpc) is 3.20. The van der Waals surface area contributed by atoms with Crippen LogP contribution in [0.2, 0.25) is 18.1 Å². The van der Waals surface area contributed by atoms with Crippen LogP contribution in [0.25, 0.3) is 0 Å². The van der Waals surface area contributed by atoms with Gasteiger partial charge in [0.2, 0.25) is 0 Å². The van der Waals surface area contributed by atoms with Crippen LogP contribution in [0.1, 0.15) is 130 Å². The van der Waals surface area contributed by atoms with Crippen molar-refractivity contribution in [2.24, 2.45) is 5.41 Å². The van der Waals surface area contributed by atoms with Crippen LogP contribution in [0.5, 0.6) is 0 Å². The molecule has 1 saturated heterocycles. The van der Waals surface area contributed by atoms with Crippen molar-refractivity contribution in [3.63, 3.8) is 0 Å². The second-order valence-electron chi connectivity index (χ2n) is 15.1. The van der Waals surface area contributed by atoms with Gasteiger partial charge in [-0.3, -0.25) is 4.98 Å². The maximum absolute atomic E-state index is 13.5. The molecule has 0 N–H and O–H groups in total. The Balaban J connectivity index is 1.58. The third-order valence-corrected chi connectivity index (χ3v) is 15.5. The van der Waals surface area contributed by atoms with Gasteiger partial charge in [0, 0.05) is 48.6 Å². The van der Waals surface area contributed by atoms with E-state index in [9.17, 15) is 13.2 Å². The van der Waals surface area contributed by atoms with E-state index in [4.69, 9.17) is 18.9 Å². The Morgan fingerprint density at radius 2 is 1.62 bits per heavy atom. The van der Waals surface area contributed by atoms with Crippen molar-refractivity contribution >= 4 is 8.32 Å². The largest absolute Gasteiger partial charge is 0.416 e.